The van der Waals surface area contributed by atoms with Crippen molar-refractivity contribution < 1.29 is 19.1 Å². The van der Waals surface area contributed by atoms with Gasteiger partial charge in [0.25, 0.3) is 0 Å². The molecule has 2 atom stereocenters. The number of carbonyl (C=O) groups excluding carboxylic acids is 2. The van der Waals surface area contributed by atoms with E-state index in [2.05, 4.69) is 88.7 Å². The molecular formula is C44H49N3O4S3. The molecule has 0 heterocycles. The average Bonchev–Trinajstić information content (AvgIpc) is 3.18. The molecule has 10 heteroatoms. The van der Waals surface area contributed by atoms with Gasteiger partial charge in [-0.05, 0) is 67.3 Å². The van der Waals surface area contributed by atoms with Gasteiger partial charge in [-0.15, -0.1) is 11.8 Å². The largest absolute Gasteiger partial charge is 0.467 e. The highest BCUT2D eigenvalue weighted by Gasteiger charge is 2.38. The van der Waals surface area contributed by atoms with Crippen LogP contribution in [0, 0.1) is 0 Å². The summed E-state index contributed by atoms with van der Waals surface area (Å²) in [4.78, 5) is 26.4. The average molecular weight is 780 g/mol. The molecule has 0 aliphatic carbocycles. The third-order valence-electron chi connectivity index (χ3n) is 8.87. The van der Waals surface area contributed by atoms with E-state index in [1.54, 1.807) is 23.5 Å². The van der Waals surface area contributed by atoms with E-state index in [1.165, 1.54) is 7.11 Å². The summed E-state index contributed by atoms with van der Waals surface area (Å²) in [5, 5.41) is 12.0. The first-order chi connectivity index (χ1) is 26.1. The third kappa shape index (κ3) is 10.4. The lowest BCUT2D eigenvalue weighted by Gasteiger charge is -2.37. The Labute approximate surface area is 333 Å². The van der Waals surface area contributed by atoms with Crippen LogP contribution in [-0.4, -0.2) is 66.2 Å². The van der Waals surface area contributed by atoms with E-state index < -0.39 is 22.5 Å². The number of hydrogen-bond acceptors (Lipinski definition) is 8. The fourth-order valence-electron chi connectivity index (χ4n) is 6.38. The first-order valence-corrected chi connectivity index (χ1v) is 20.8. The first kappa shape index (κ1) is 40.7. The maximum Gasteiger partial charge on any atom is 0.407 e. The van der Waals surface area contributed by atoms with Crippen LogP contribution in [0.25, 0.3) is 10.8 Å². The second-order valence-electron chi connectivity index (χ2n) is 13.9. The van der Waals surface area contributed by atoms with Crippen LogP contribution >= 0.6 is 35.7 Å². The molecule has 54 heavy (non-hydrogen) atoms. The number of rotatable bonds is 16. The first-order valence-electron chi connectivity index (χ1n) is 18.0. The second-order valence-corrected chi connectivity index (χ2v) is 16.5. The fourth-order valence-corrected chi connectivity index (χ4v) is 8.73. The highest BCUT2D eigenvalue weighted by Crippen LogP contribution is 2.48. The number of hydrogen-bond donors (Lipinski definition) is 3. The van der Waals surface area contributed by atoms with Crippen LogP contribution in [0.3, 0.4) is 0 Å². The van der Waals surface area contributed by atoms with Crippen molar-refractivity contribution in [2.24, 2.45) is 0 Å². The van der Waals surface area contributed by atoms with E-state index >= 15 is 0 Å². The van der Waals surface area contributed by atoms with Gasteiger partial charge in [-0.1, -0.05) is 134 Å². The van der Waals surface area contributed by atoms with Crippen LogP contribution in [0.5, 0.6) is 0 Å². The Morgan fingerprint density at radius 2 is 1.30 bits per heavy atom. The van der Waals surface area contributed by atoms with Crippen molar-refractivity contribution in [1.29, 1.82) is 0 Å². The lowest BCUT2D eigenvalue weighted by atomic mass is 9.84. The number of fused-ring (bicyclic) bond motifs is 1. The van der Waals surface area contributed by atoms with Gasteiger partial charge >= 0.3 is 12.1 Å². The number of nitrogens with one attached hydrogen (secondary N) is 3. The molecule has 3 N–H and O–H groups in total. The molecule has 0 aromatic heterocycles. The van der Waals surface area contributed by atoms with Crippen LogP contribution < -0.4 is 16.0 Å². The minimum absolute atomic E-state index is 0.334. The molecular weight excluding hydrogens is 731 g/mol. The van der Waals surface area contributed by atoms with Crippen LogP contribution in [0.2, 0.25) is 0 Å². The van der Waals surface area contributed by atoms with Crippen LogP contribution in [0.1, 0.15) is 49.4 Å². The molecule has 0 saturated carbocycles. The minimum atomic E-state index is -0.655. The SMILES string of the molecule is COC(=O)[C@H](CCSC)NC(=S)c1cccc2c(NC[C@H](CSC(c3ccccc3)(c3ccccc3)c3ccccc3)NC(=O)OC(C)(C)C)cccc12. The summed E-state index contributed by atoms with van der Waals surface area (Å²) in [6, 6.07) is 42.7. The molecule has 0 aliphatic heterocycles. The summed E-state index contributed by atoms with van der Waals surface area (Å²) < 4.78 is 10.3. The number of carbonyl (C=O) groups is 2. The molecule has 0 fully saturated rings. The quantitative estimate of drug-likeness (QED) is 0.0515. The number of thioether (sulfide) groups is 2. The zero-order valence-corrected chi connectivity index (χ0v) is 33.9. The van der Waals surface area contributed by atoms with E-state index in [-0.39, 0.29) is 12.0 Å². The van der Waals surface area contributed by atoms with E-state index in [0.29, 0.717) is 23.7 Å². The van der Waals surface area contributed by atoms with Crippen molar-refractivity contribution in [2.75, 3.05) is 36.7 Å². The monoisotopic (exact) mass is 779 g/mol. The summed E-state index contributed by atoms with van der Waals surface area (Å²) in [7, 11) is 1.39. The van der Waals surface area contributed by atoms with E-state index in [1.807, 2.05) is 81.6 Å². The minimum Gasteiger partial charge on any atom is -0.467 e. The van der Waals surface area contributed by atoms with Crippen molar-refractivity contribution in [2.45, 2.75) is 49.6 Å². The molecule has 7 nitrogen and oxygen atoms in total. The number of thiocarbonyl (C=S) groups is 1. The predicted molar refractivity (Wildman–Crippen MR) is 231 cm³/mol. The molecule has 0 aliphatic rings. The second kappa shape index (κ2) is 19.2. The topological polar surface area (TPSA) is 88.7 Å². The van der Waals surface area contributed by atoms with Gasteiger partial charge < -0.3 is 25.4 Å². The van der Waals surface area contributed by atoms with Gasteiger partial charge in [0, 0.05) is 28.9 Å². The summed E-state index contributed by atoms with van der Waals surface area (Å²) in [5.41, 5.74) is 4.49. The van der Waals surface area contributed by atoms with E-state index in [9.17, 15) is 9.59 Å². The fraction of sp³-hybridized carbons (Fsp3) is 0.295. The normalized spacial score (nSPS) is 12.7. The predicted octanol–water partition coefficient (Wildman–Crippen LogP) is 9.43. The van der Waals surface area contributed by atoms with Gasteiger partial charge in [0.2, 0.25) is 0 Å². The Bertz CT molecular complexity index is 1890. The van der Waals surface area contributed by atoms with Crippen LogP contribution in [0.4, 0.5) is 10.5 Å². The Balaban J connectivity index is 1.47. The van der Waals surface area contributed by atoms with Gasteiger partial charge in [-0.3, -0.25) is 0 Å². The standard InChI is InChI=1S/C44H49N3O4S3/c1-43(2,3)51-42(49)46-34(30-54-44(31-17-9-6-10-18-31,32-19-11-7-12-20-32)33-21-13-8-14-22-33)29-45-38-26-16-23-35-36(38)24-15-25-37(35)40(52)47-39(27-28-53-5)41(48)50-4/h6-26,34,39,45H,27-30H2,1-5H3,(H,46,49)(H,47,52)/t34-,39+/m1/s1. The summed E-state index contributed by atoms with van der Waals surface area (Å²) in [6.45, 7) is 6.01. The number of alkyl carbamates (subject to hydrolysis) is 1. The van der Waals surface area contributed by atoms with Crippen LogP contribution in [0.15, 0.2) is 127 Å². The Morgan fingerprint density at radius 3 is 1.83 bits per heavy atom. The maximum atomic E-state index is 13.3. The molecule has 282 valence electrons. The molecule has 0 bridgehead atoms. The number of benzene rings is 5. The number of ether oxygens (including phenoxy) is 2. The zero-order chi connectivity index (χ0) is 38.6. The van der Waals surface area contributed by atoms with Gasteiger partial charge in [0.05, 0.1) is 17.9 Å². The Hall–Kier alpha value is -4.51. The van der Waals surface area contributed by atoms with E-state index in [0.717, 1.165) is 44.5 Å². The lowest BCUT2D eigenvalue weighted by Crippen LogP contribution is -2.45. The molecule has 5 rings (SSSR count). The van der Waals surface area contributed by atoms with Gasteiger partial charge in [-0.25, -0.2) is 9.59 Å². The highest BCUT2D eigenvalue weighted by molar-refractivity contribution is 8.00. The summed E-state index contributed by atoms with van der Waals surface area (Å²) in [6.07, 6.45) is 2.12. The van der Waals surface area contributed by atoms with Gasteiger partial charge in [0.1, 0.15) is 16.6 Å². The summed E-state index contributed by atoms with van der Waals surface area (Å²) >= 11 is 9.31. The summed E-state index contributed by atoms with van der Waals surface area (Å²) in [5.74, 6) is 1.00. The van der Waals surface area contributed by atoms with Crippen molar-refractivity contribution in [3.63, 3.8) is 0 Å². The molecule has 0 saturated heterocycles. The molecule has 0 spiro atoms. The van der Waals surface area contributed by atoms with Crippen molar-refractivity contribution in [3.8, 4) is 0 Å². The Kier molecular flexibility index (Phi) is 14.5. The molecule has 0 radical (unpaired) electrons. The molecule has 1 amide bonds. The van der Waals surface area contributed by atoms with Crippen molar-refractivity contribution in [3.05, 3.63) is 150 Å². The van der Waals surface area contributed by atoms with Crippen molar-refractivity contribution >= 4 is 69.3 Å². The molecule has 0 unspecified atom stereocenters. The molecule has 5 aromatic rings. The highest BCUT2D eigenvalue weighted by atomic mass is 32.2. The lowest BCUT2D eigenvalue weighted by molar-refractivity contribution is -0.142. The van der Waals surface area contributed by atoms with Gasteiger partial charge in [-0.2, -0.15) is 11.8 Å². The number of amides is 1. The number of esters is 1. The smallest absolute Gasteiger partial charge is 0.407 e. The number of anilines is 1. The zero-order valence-electron chi connectivity index (χ0n) is 31.5. The Morgan fingerprint density at radius 1 is 0.741 bits per heavy atom. The molecule has 5 aromatic carbocycles. The maximum absolute atomic E-state index is 13.3. The van der Waals surface area contributed by atoms with Gasteiger partial charge in [0.15, 0.2) is 0 Å². The third-order valence-corrected chi connectivity index (χ3v) is 11.6. The van der Waals surface area contributed by atoms with Crippen LogP contribution in [-0.2, 0) is 19.0 Å². The van der Waals surface area contributed by atoms with Crippen molar-refractivity contribution in [1.82, 2.24) is 10.6 Å². The number of methoxy groups -OCH3 is 1. The van der Waals surface area contributed by atoms with E-state index in [4.69, 9.17) is 21.7 Å².